The first-order chi connectivity index (χ1) is 13.3. The van der Waals surface area contributed by atoms with Crippen molar-refractivity contribution >= 4 is 11.6 Å². The van der Waals surface area contributed by atoms with Crippen LogP contribution in [0.15, 0.2) is 36.9 Å². The Labute approximate surface area is 165 Å². The summed E-state index contributed by atoms with van der Waals surface area (Å²) in [5.74, 6) is 0.923. The third-order valence-corrected chi connectivity index (χ3v) is 6.14. The van der Waals surface area contributed by atoms with Crippen molar-refractivity contribution in [1.82, 2.24) is 30.0 Å². The third kappa shape index (κ3) is 3.93. The molecule has 0 bridgehead atoms. The summed E-state index contributed by atoms with van der Waals surface area (Å²) in [6.07, 6.45) is 6.78. The Balaban J connectivity index is 1.67. The topological polar surface area (TPSA) is 50.1 Å². The Bertz CT molecular complexity index is 761. The zero-order chi connectivity index (χ0) is 18.6. The molecule has 7 heteroatoms. The van der Waals surface area contributed by atoms with Crippen molar-refractivity contribution in [2.75, 3.05) is 32.7 Å². The molecule has 1 aliphatic carbocycles. The number of rotatable bonds is 6. The zero-order valence-corrected chi connectivity index (χ0v) is 16.4. The molecule has 0 radical (unpaired) electrons. The van der Waals surface area contributed by atoms with Gasteiger partial charge in [-0.3, -0.25) is 9.80 Å². The smallest absolute Gasteiger partial charge is 0.173 e. The molecule has 1 aromatic heterocycles. The molecule has 1 aromatic carbocycles. The van der Waals surface area contributed by atoms with Gasteiger partial charge >= 0.3 is 0 Å². The summed E-state index contributed by atoms with van der Waals surface area (Å²) in [5.41, 5.74) is 1.09. The molecule has 1 saturated heterocycles. The number of aromatic nitrogens is 4. The summed E-state index contributed by atoms with van der Waals surface area (Å²) >= 11 is 6.62. The number of benzene rings is 1. The lowest BCUT2D eigenvalue weighted by molar-refractivity contribution is 0.111. The largest absolute Gasteiger partial charge is 0.297 e. The number of hydrogen-bond acceptors (Lipinski definition) is 5. The van der Waals surface area contributed by atoms with Crippen molar-refractivity contribution in [3.8, 4) is 0 Å². The van der Waals surface area contributed by atoms with Crippen LogP contribution in [0.1, 0.15) is 49.2 Å². The van der Waals surface area contributed by atoms with Crippen LogP contribution in [0, 0.1) is 0 Å². The van der Waals surface area contributed by atoms with Crippen molar-refractivity contribution in [3.63, 3.8) is 0 Å². The van der Waals surface area contributed by atoms with E-state index in [4.69, 9.17) is 11.6 Å². The summed E-state index contributed by atoms with van der Waals surface area (Å²) in [4.78, 5) is 4.89. The minimum Gasteiger partial charge on any atom is -0.297 e. The molecule has 4 rings (SSSR count). The molecule has 1 saturated carbocycles. The maximum absolute atomic E-state index is 6.62. The quantitative estimate of drug-likeness (QED) is 0.712. The highest BCUT2D eigenvalue weighted by Crippen LogP contribution is 2.36. The van der Waals surface area contributed by atoms with Gasteiger partial charge in [0.1, 0.15) is 0 Å². The third-order valence-electron chi connectivity index (χ3n) is 5.79. The molecule has 1 aliphatic heterocycles. The molecular formula is C20H27ClN6. The highest BCUT2D eigenvalue weighted by Gasteiger charge is 2.33. The Kier molecular flexibility index (Phi) is 5.86. The van der Waals surface area contributed by atoms with Gasteiger partial charge in [-0.1, -0.05) is 48.7 Å². The van der Waals surface area contributed by atoms with E-state index in [9.17, 15) is 0 Å². The molecule has 27 heavy (non-hydrogen) atoms. The van der Waals surface area contributed by atoms with Crippen LogP contribution in [0.4, 0.5) is 0 Å². The summed E-state index contributed by atoms with van der Waals surface area (Å²) < 4.78 is 2.07. The second-order valence-corrected chi connectivity index (χ2v) is 7.88. The maximum Gasteiger partial charge on any atom is 0.173 e. The Hall–Kier alpha value is -1.76. The second kappa shape index (κ2) is 8.50. The number of tetrazole rings is 1. The van der Waals surface area contributed by atoms with Gasteiger partial charge in [0.05, 0.1) is 12.1 Å². The molecule has 0 amide bonds. The minimum absolute atomic E-state index is 0.0137. The number of hydrogen-bond donors (Lipinski definition) is 0. The van der Waals surface area contributed by atoms with Gasteiger partial charge < -0.3 is 0 Å². The predicted molar refractivity (Wildman–Crippen MR) is 107 cm³/mol. The van der Waals surface area contributed by atoms with Crippen LogP contribution in [0.2, 0.25) is 5.02 Å². The van der Waals surface area contributed by atoms with Crippen molar-refractivity contribution in [1.29, 1.82) is 0 Å². The van der Waals surface area contributed by atoms with E-state index in [-0.39, 0.29) is 6.04 Å². The molecule has 2 heterocycles. The Morgan fingerprint density at radius 1 is 1.15 bits per heavy atom. The summed E-state index contributed by atoms with van der Waals surface area (Å²) in [6.45, 7) is 8.74. The molecule has 2 fully saturated rings. The molecule has 2 aliphatic rings. The number of piperazine rings is 1. The van der Waals surface area contributed by atoms with Crippen LogP contribution in [-0.2, 0) is 0 Å². The van der Waals surface area contributed by atoms with Crippen molar-refractivity contribution in [2.24, 2.45) is 0 Å². The molecule has 2 aromatic rings. The molecule has 6 nitrogen and oxygen atoms in total. The first-order valence-corrected chi connectivity index (χ1v) is 10.2. The van der Waals surface area contributed by atoms with Gasteiger partial charge in [-0.15, -0.1) is 11.7 Å². The summed E-state index contributed by atoms with van der Waals surface area (Å²) in [6, 6.07) is 8.48. The fourth-order valence-corrected chi connectivity index (χ4v) is 4.61. The average molecular weight is 387 g/mol. The normalized spacial score (nSPS) is 20.8. The fourth-order valence-electron chi connectivity index (χ4n) is 4.37. The Morgan fingerprint density at radius 2 is 1.89 bits per heavy atom. The zero-order valence-electron chi connectivity index (χ0n) is 15.7. The highest BCUT2D eigenvalue weighted by molar-refractivity contribution is 6.31. The predicted octanol–water partition coefficient (Wildman–Crippen LogP) is 3.33. The van der Waals surface area contributed by atoms with Crippen molar-refractivity contribution in [3.05, 3.63) is 53.3 Å². The minimum atomic E-state index is -0.0137. The molecule has 1 atom stereocenters. The van der Waals surface area contributed by atoms with E-state index < -0.39 is 0 Å². The first kappa shape index (κ1) is 18.6. The standard InChI is InChI=1S/C20H27ClN6/c1-2-11-25-12-14-26(15-13-25)19(17-9-5-6-10-18(17)21)20-22-23-24-27(20)16-7-3-4-8-16/h2,5-6,9-10,16,19H,1,3-4,7-8,11-15H2. The molecule has 0 spiro atoms. The van der Waals surface area contributed by atoms with Crippen LogP contribution in [-0.4, -0.2) is 62.7 Å². The van der Waals surface area contributed by atoms with Crippen molar-refractivity contribution < 1.29 is 0 Å². The van der Waals surface area contributed by atoms with Crippen LogP contribution in [0.5, 0.6) is 0 Å². The SMILES string of the molecule is C=CCN1CCN(C(c2ccccc2Cl)c2nnnn2C2CCCC2)CC1. The Morgan fingerprint density at radius 3 is 2.59 bits per heavy atom. The van der Waals surface area contributed by atoms with E-state index in [1.807, 2.05) is 24.3 Å². The van der Waals surface area contributed by atoms with Crippen LogP contribution >= 0.6 is 11.6 Å². The van der Waals surface area contributed by atoms with E-state index in [0.717, 1.165) is 62.0 Å². The van der Waals surface area contributed by atoms with E-state index in [2.05, 4.69) is 42.7 Å². The van der Waals surface area contributed by atoms with Crippen LogP contribution < -0.4 is 0 Å². The van der Waals surface area contributed by atoms with Gasteiger partial charge in [0.25, 0.3) is 0 Å². The molecule has 0 N–H and O–H groups in total. The van der Waals surface area contributed by atoms with Gasteiger partial charge in [0.15, 0.2) is 5.82 Å². The molecule has 1 unspecified atom stereocenters. The van der Waals surface area contributed by atoms with Crippen LogP contribution in [0.25, 0.3) is 0 Å². The van der Waals surface area contributed by atoms with Gasteiger partial charge in [0, 0.05) is 37.7 Å². The summed E-state index contributed by atoms with van der Waals surface area (Å²) in [7, 11) is 0. The lowest BCUT2D eigenvalue weighted by Gasteiger charge is -2.39. The number of nitrogens with zero attached hydrogens (tertiary/aromatic N) is 6. The second-order valence-electron chi connectivity index (χ2n) is 7.47. The van der Waals surface area contributed by atoms with E-state index in [1.54, 1.807) is 0 Å². The van der Waals surface area contributed by atoms with Gasteiger partial charge in [0.2, 0.25) is 0 Å². The van der Waals surface area contributed by atoms with E-state index >= 15 is 0 Å². The molecular weight excluding hydrogens is 360 g/mol. The van der Waals surface area contributed by atoms with Gasteiger partial charge in [-0.2, -0.15) is 0 Å². The summed E-state index contributed by atoms with van der Waals surface area (Å²) in [5, 5.41) is 13.7. The number of halogens is 1. The van der Waals surface area contributed by atoms with Gasteiger partial charge in [-0.25, -0.2) is 4.68 Å². The average Bonchev–Trinajstić information content (AvgIpc) is 3.37. The monoisotopic (exact) mass is 386 g/mol. The molecule has 144 valence electrons. The van der Waals surface area contributed by atoms with Crippen molar-refractivity contribution in [2.45, 2.75) is 37.8 Å². The van der Waals surface area contributed by atoms with Crippen LogP contribution in [0.3, 0.4) is 0 Å². The van der Waals surface area contributed by atoms with E-state index in [0.29, 0.717) is 6.04 Å². The first-order valence-electron chi connectivity index (χ1n) is 9.87. The lowest BCUT2D eigenvalue weighted by atomic mass is 10.0. The highest BCUT2D eigenvalue weighted by atomic mass is 35.5. The van der Waals surface area contributed by atoms with Gasteiger partial charge in [-0.05, 0) is 34.9 Å². The lowest BCUT2D eigenvalue weighted by Crippen LogP contribution is -2.48. The van der Waals surface area contributed by atoms with E-state index in [1.165, 1.54) is 12.8 Å². The fraction of sp³-hybridized carbons (Fsp3) is 0.550. The maximum atomic E-state index is 6.62.